The number of rotatable bonds is 8. The van der Waals surface area contributed by atoms with Crippen LogP contribution in [0.1, 0.15) is 84.3 Å². The summed E-state index contributed by atoms with van der Waals surface area (Å²) in [5.41, 5.74) is 20.9. The minimum Gasteiger partial charge on any atom is -0.466 e. The molecule has 1 atom stereocenters. The fourth-order valence-electron chi connectivity index (χ4n) is 3.02. The van der Waals surface area contributed by atoms with Crippen LogP contribution < -0.4 is 17.2 Å². The molecule has 1 unspecified atom stereocenters. The minimum absolute atomic E-state index is 0.0255. The number of nitrogens with one attached hydrogen (secondary N) is 2. The monoisotopic (exact) mass is 658 g/mol. The molecule has 0 aliphatic carbocycles. The van der Waals surface area contributed by atoms with Crippen molar-refractivity contribution in [3.8, 4) is 0 Å². The highest BCUT2D eigenvalue weighted by atomic mass is 79.9. The van der Waals surface area contributed by atoms with Crippen molar-refractivity contribution in [1.82, 2.24) is 9.55 Å². The Labute approximate surface area is 256 Å². The van der Waals surface area contributed by atoms with E-state index in [4.69, 9.17) is 32.1 Å². The molecule has 2 aromatic heterocycles. The number of hydrogen-bond acceptors (Lipinski definition) is 10. The number of ketones is 1. The minimum atomic E-state index is -0.440. The van der Waals surface area contributed by atoms with E-state index < -0.39 is 5.97 Å². The normalized spacial score (nSPS) is 10.4. The number of nitrogens with two attached hydrogens (primary N) is 3. The van der Waals surface area contributed by atoms with Crippen molar-refractivity contribution < 1.29 is 33.4 Å². The van der Waals surface area contributed by atoms with Gasteiger partial charge in [-0.2, -0.15) is 0 Å². The van der Waals surface area contributed by atoms with E-state index in [-0.39, 0.29) is 34.8 Å². The molecule has 0 bridgehead atoms. The Morgan fingerprint density at radius 2 is 1.33 bits per heavy atom. The lowest BCUT2D eigenvalue weighted by Gasteiger charge is -2.02. The summed E-state index contributed by atoms with van der Waals surface area (Å²) < 4.78 is 16.1. The van der Waals surface area contributed by atoms with Crippen molar-refractivity contribution >= 4 is 57.1 Å². The number of nitrogen functional groups attached to an aromatic ring is 2. The van der Waals surface area contributed by atoms with E-state index in [1.165, 1.54) is 0 Å². The number of anilines is 2. The lowest BCUT2D eigenvalue weighted by atomic mass is 10.1. The van der Waals surface area contributed by atoms with E-state index in [9.17, 15) is 19.2 Å². The number of nitrogens with zero attached hydrogens (tertiary/aromatic N) is 1. The molecule has 2 heterocycles. The molecule has 0 radical (unpaired) electrons. The van der Waals surface area contributed by atoms with Crippen LogP contribution in [0.2, 0.25) is 0 Å². The number of aryl methyl sites for hydroxylation is 1. The molecule has 0 aliphatic heterocycles. The van der Waals surface area contributed by atoms with Crippen molar-refractivity contribution in [2.24, 2.45) is 12.8 Å². The van der Waals surface area contributed by atoms with Gasteiger partial charge in [0, 0.05) is 18.4 Å². The van der Waals surface area contributed by atoms with Gasteiger partial charge in [0.05, 0.1) is 24.6 Å². The van der Waals surface area contributed by atoms with Gasteiger partial charge in [-0.15, -0.1) is 0 Å². The van der Waals surface area contributed by atoms with Crippen molar-refractivity contribution in [3.05, 3.63) is 33.6 Å². The van der Waals surface area contributed by atoms with Gasteiger partial charge < -0.3 is 41.0 Å². The fraction of sp³-hybridized carbons (Fsp3) is 0.536. The number of Topliss-reactive ketones (excluding diaryl/α,β-unsaturated/α-hetero) is 1. The summed E-state index contributed by atoms with van der Waals surface area (Å²) in [4.78, 5) is 46.3. The number of H-pyrrole nitrogens is 1. The molecule has 0 spiro atoms. The van der Waals surface area contributed by atoms with Crippen LogP contribution >= 0.6 is 15.9 Å². The zero-order valence-electron chi connectivity index (χ0n) is 26.3. The second-order valence-electron chi connectivity index (χ2n) is 8.87. The molecule has 13 nitrogen and oxygen atoms in total. The van der Waals surface area contributed by atoms with Gasteiger partial charge in [-0.25, -0.2) is 9.59 Å². The molecule has 0 aliphatic rings. The summed E-state index contributed by atoms with van der Waals surface area (Å²) in [5.74, 6) is -0.270. The molecule has 0 amide bonds. The number of hydrogen-bond donors (Lipinski definition) is 5. The fourth-order valence-corrected chi connectivity index (χ4v) is 3.02. The van der Waals surface area contributed by atoms with Crippen molar-refractivity contribution in [2.45, 2.75) is 73.6 Å². The number of esters is 3. The Kier molecular flexibility index (Phi) is 19.3. The Balaban J connectivity index is 0. The molecule has 2 rings (SSSR count). The molecular weight excluding hydrogens is 612 g/mol. The Bertz CT molecular complexity index is 1190. The van der Waals surface area contributed by atoms with Gasteiger partial charge in [-0.1, -0.05) is 15.9 Å². The third kappa shape index (κ3) is 13.7. The highest BCUT2D eigenvalue weighted by Gasteiger charge is 2.20. The highest BCUT2D eigenvalue weighted by molar-refractivity contribution is 9.10. The number of carbonyl (C=O) groups is 4. The van der Waals surface area contributed by atoms with E-state index >= 15 is 0 Å². The van der Waals surface area contributed by atoms with E-state index in [1.807, 2.05) is 41.7 Å². The van der Waals surface area contributed by atoms with Gasteiger partial charge in [-0.05, 0) is 73.4 Å². The number of aromatic nitrogens is 2. The molecular formula is C28H47BrN6O7. The van der Waals surface area contributed by atoms with E-state index in [1.54, 1.807) is 32.3 Å². The summed E-state index contributed by atoms with van der Waals surface area (Å²) in [6, 6.07) is 0. The predicted molar refractivity (Wildman–Crippen MR) is 168 cm³/mol. The van der Waals surface area contributed by atoms with Gasteiger partial charge in [0.2, 0.25) is 0 Å². The molecule has 0 fully saturated rings. The lowest BCUT2D eigenvalue weighted by Crippen LogP contribution is -2.17. The van der Waals surface area contributed by atoms with Crippen LogP contribution in [0.3, 0.4) is 0 Å². The summed E-state index contributed by atoms with van der Waals surface area (Å²) >= 11 is 3.09. The highest BCUT2D eigenvalue weighted by Crippen LogP contribution is 2.23. The Morgan fingerprint density at radius 1 is 0.905 bits per heavy atom. The topological polar surface area (TPSA) is 219 Å². The number of alkyl halides is 1. The SMILES string of the molecule is CC(=O)C(C)Br.CCOC(=O)CC(=N)N.CCOC(=O)c1c(C)c(C)n(C)c1N.CCOC(=O)c1c(N)[nH]c(C)c1C. The van der Waals surface area contributed by atoms with Crippen LogP contribution in [-0.2, 0) is 30.8 Å². The molecule has 0 aromatic carbocycles. The van der Waals surface area contributed by atoms with Crippen molar-refractivity contribution in [2.75, 3.05) is 31.3 Å². The van der Waals surface area contributed by atoms with Crippen LogP contribution in [0.5, 0.6) is 0 Å². The first kappa shape index (κ1) is 40.3. The maximum atomic E-state index is 11.5. The standard InChI is InChI=1S/C10H16N2O2.C9H14N2O2.C5H10N2O2.C4H7BrO/c1-5-14-10(13)8-6(2)7(3)12(4)9(8)11;1-4-13-9(12)7-5(2)6(3)11-8(7)10;1-2-9-5(8)3-4(6)7;1-3(5)4(2)6/h5,11H2,1-4H3;11H,4,10H2,1-3H3;2-3H2,1H3,(H3,6,7);3H,1-2H3. The quantitative estimate of drug-likeness (QED) is 0.0901. The first-order chi connectivity index (χ1) is 19.4. The predicted octanol–water partition coefficient (Wildman–Crippen LogP) is 4.03. The third-order valence-electron chi connectivity index (χ3n) is 5.73. The second-order valence-corrected chi connectivity index (χ2v) is 10.2. The van der Waals surface area contributed by atoms with Crippen LogP contribution in [0, 0.1) is 33.1 Å². The van der Waals surface area contributed by atoms with Gasteiger partial charge in [0.1, 0.15) is 40.8 Å². The number of ether oxygens (including phenoxy) is 3. The first-order valence-electron chi connectivity index (χ1n) is 13.2. The van der Waals surface area contributed by atoms with Crippen LogP contribution in [0.4, 0.5) is 11.6 Å². The van der Waals surface area contributed by atoms with Gasteiger partial charge in [0.25, 0.3) is 0 Å². The molecule has 2 aromatic rings. The van der Waals surface area contributed by atoms with Crippen molar-refractivity contribution in [1.29, 1.82) is 5.41 Å². The molecule has 0 saturated heterocycles. The first-order valence-corrected chi connectivity index (χ1v) is 14.1. The van der Waals surface area contributed by atoms with Crippen LogP contribution in [-0.4, -0.2) is 63.7 Å². The second kappa shape index (κ2) is 20.1. The Hall–Kier alpha value is -3.81. The maximum Gasteiger partial charge on any atom is 0.342 e. The zero-order chi connectivity index (χ0) is 33.3. The maximum absolute atomic E-state index is 11.5. The zero-order valence-corrected chi connectivity index (χ0v) is 27.9. The molecule has 238 valence electrons. The summed E-state index contributed by atoms with van der Waals surface area (Å²) in [6.07, 6.45) is -0.103. The lowest BCUT2D eigenvalue weighted by molar-refractivity contribution is -0.141. The largest absolute Gasteiger partial charge is 0.466 e. The summed E-state index contributed by atoms with van der Waals surface area (Å²) in [6.45, 7) is 17.2. The van der Waals surface area contributed by atoms with E-state index in [0.717, 1.165) is 22.5 Å². The van der Waals surface area contributed by atoms with Crippen LogP contribution in [0.15, 0.2) is 0 Å². The number of aromatic amines is 1. The van der Waals surface area contributed by atoms with Gasteiger partial charge in [-0.3, -0.25) is 15.0 Å². The van der Waals surface area contributed by atoms with Gasteiger partial charge >= 0.3 is 17.9 Å². The molecule has 0 saturated carbocycles. The average molecular weight is 660 g/mol. The molecule has 42 heavy (non-hydrogen) atoms. The average Bonchev–Trinajstić information content (AvgIpc) is 3.25. The smallest absolute Gasteiger partial charge is 0.342 e. The van der Waals surface area contributed by atoms with Crippen LogP contribution in [0.25, 0.3) is 0 Å². The molecule has 14 heteroatoms. The number of amidine groups is 1. The molecule has 8 N–H and O–H groups in total. The van der Waals surface area contributed by atoms with Crippen molar-refractivity contribution in [3.63, 3.8) is 0 Å². The van der Waals surface area contributed by atoms with E-state index in [0.29, 0.717) is 42.6 Å². The third-order valence-corrected chi connectivity index (χ3v) is 6.37. The van der Waals surface area contributed by atoms with Gasteiger partial charge in [0.15, 0.2) is 0 Å². The summed E-state index contributed by atoms with van der Waals surface area (Å²) in [7, 11) is 1.83. The van der Waals surface area contributed by atoms with E-state index in [2.05, 4.69) is 25.7 Å². The Morgan fingerprint density at radius 3 is 1.62 bits per heavy atom. The number of carbonyl (C=O) groups excluding carboxylic acids is 4. The summed E-state index contributed by atoms with van der Waals surface area (Å²) in [5, 5.41) is 6.68. The number of halogens is 1.